The lowest BCUT2D eigenvalue weighted by Crippen LogP contribution is -2.30. The smallest absolute Gasteiger partial charge is 0.305 e. The number of nitrogens with two attached hydrogens (primary N) is 1. The fourth-order valence-corrected chi connectivity index (χ4v) is 1.37. The lowest BCUT2D eigenvalue weighted by atomic mass is 9.80. The third-order valence-electron chi connectivity index (χ3n) is 2.70. The molecule has 2 N–H and O–H groups in total. The van der Waals surface area contributed by atoms with Gasteiger partial charge in [-0.05, 0) is 12.8 Å². The van der Waals surface area contributed by atoms with Crippen molar-refractivity contribution in [3.8, 4) is 6.07 Å². The number of carbonyl (C=O) groups is 2. The second kappa shape index (κ2) is 7.63. The quantitative estimate of drug-likeness (QED) is 0.647. The van der Waals surface area contributed by atoms with E-state index in [1.165, 1.54) is 14.2 Å². The molecule has 0 bridgehead atoms. The Morgan fingerprint density at radius 1 is 1.18 bits per heavy atom. The van der Waals surface area contributed by atoms with E-state index in [0.29, 0.717) is 0 Å². The van der Waals surface area contributed by atoms with E-state index in [1.807, 2.05) is 0 Å². The Hall–Kier alpha value is -1.61. The zero-order chi connectivity index (χ0) is 13.3. The van der Waals surface area contributed by atoms with E-state index in [-0.39, 0.29) is 32.2 Å². The average Bonchev–Trinajstić information content (AvgIpc) is 2.38. The van der Waals surface area contributed by atoms with Crippen molar-refractivity contribution < 1.29 is 19.1 Å². The Balaban J connectivity index is 4.41. The summed E-state index contributed by atoms with van der Waals surface area (Å²) < 4.78 is 9.00. The highest BCUT2D eigenvalue weighted by molar-refractivity contribution is 5.70. The first kappa shape index (κ1) is 15.4. The zero-order valence-corrected chi connectivity index (χ0v) is 10.2. The predicted molar refractivity (Wildman–Crippen MR) is 59.6 cm³/mol. The standard InChI is InChI=1S/C11H18N2O4/c1-16-9(14)3-5-11(7-12,8-13)6-4-10(15)17-2/h3-7,12H2,1-2H3. The number of rotatable bonds is 7. The van der Waals surface area contributed by atoms with Crippen LogP contribution in [0, 0.1) is 16.7 Å². The summed E-state index contributed by atoms with van der Waals surface area (Å²) in [6, 6.07) is 2.08. The molecule has 0 aliphatic heterocycles. The number of esters is 2. The van der Waals surface area contributed by atoms with Crippen LogP contribution in [-0.4, -0.2) is 32.7 Å². The summed E-state index contributed by atoms with van der Waals surface area (Å²) in [6.45, 7) is 0.0947. The molecule has 0 aromatic heterocycles. The molecular weight excluding hydrogens is 224 g/mol. The molecule has 0 saturated carbocycles. The molecule has 0 aromatic rings. The SMILES string of the molecule is COC(=O)CCC(C#N)(CN)CCC(=O)OC. The van der Waals surface area contributed by atoms with Crippen LogP contribution in [0.2, 0.25) is 0 Å². The van der Waals surface area contributed by atoms with Gasteiger partial charge in [0, 0.05) is 19.4 Å². The van der Waals surface area contributed by atoms with Crippen molar-refractivity contribution in [1.82, 2.24) is 0 Å². The Bertz CT molecular complexity index is 289. The molecule has 0 spiro atoms. The molecule has 17 heavy (non-hydrogen) atoms. The van der Waals surface area contributed by atoms with Gasteiger partial charge in [0.05, 0.1) is 25.7 Å². The highest BCUT2D eigenvalue weighted by atomic mass is 16.5. The first-order chi connectivity index (χ1) is 8.03. The van der Waals surface area contributed by atoms with Crippen LogP contribution in [0.1, 0.15) is 25.7 Å². The van der Waals surface area contributed by atoms with Crippen molar-refractivity contribution in [3.05, 3.63) is 0 Å². The molecule has 0 rings (SSSR count). The van der Waals surface area contributed by atoms with Crippen LogP contribution in [-0.2, 0) is 19.1 Å². The van der Waals surface area contributed by atoms with Gasteiger partial charge in [-0.3, -0.25) is 9.59 Å². The van der Waals surface area contributed by atoms with E-state index >= 15 is 0 Å². The maximum atomic E-state index is 11.0. The predicted octanol–water partition coefficient (Wildman–Crippen LogP) is 0.361. The number of carbonyl (C=O) groups excluding carboxylic acids is 2. The minimum atomic E-state index is -0.873. The Morgan fingerprint density at radius 3 is 1.82 bits per heavy atom. The van der Waals surface area contributed by atoms with E-state index in [1.54, 1.807) is 0 Å². The van der Waals surface area contributed by atoms with Crippen LogP contribution in [0.25, 0.3) is 0 Å². The van der Waals surface area contributed by atoms with E-state index in [4.69, 9.17) is 11.0 Å². The van der Waals surface area contributed by atoms with Crippen LogP contribution in [0.3, 0.4) is 0 Å². The minimum Gasteiger partial charge on any atom is -0.469 e. The number of nitriles is 1. The van der Waals surface area contributed by atoms with Crippen molar-refractivity contribution in [2.75, 3.05) is 20.8 Å². The van der Waals surface area contributed by atoms with Crippen LogP contribution in [0.5, 0.6) is 0 Å². The number of nitrogens with zero attached hydrogens (tertiary/aromatic N) is 1. The highest BCUT2D eigenvalue weighted by Crippen LogP contribution is 2.28. The second-order valence-corrected chi connectivity index (χ2v) is 3.75. The Labute approximate surface area is 101 Å². The average molecular weight is 242 g/mol. The Kier molecular flexibility index (Phi) is 6.91. The van der Waals surface area contributed by atoms with Gasteiger partial charge in [0.2, 0.25) is 0 Å². The molecule has 0 heterocycles. The molecule has 0 aromatic carbocycles. The van der Waals surface area contributed by atoms with Gasteiger partial charge in [0.1, 0.15) is 0 Å². The molecule has 0 aliphatic rings. The van der Waals surface area contributed by atoms with E-state index < -0.39 is 17.4 Å². The molecule has 0 saturated heterocycles. The summed E-state index contributed by atoms with van der Waals surface area (Å²) in [5.41, 5.74) is 4.67. The van der Waals surface area contributed by atoms with Crippen molar-refractivity contribution in [3.63, 3.8) is 0 Å². The third kappa shape index (κ3) is 5.31. The molecule has 0 fully saturated rings. The second-order valence-electron chi connectivity index (χ2n) is 3.75. The van der Waals surface area contributed by atoms with Gasteiger partial charge in [-0.2, -0.15) is 5.26 Å². The molecule has 6 nitrogen and oxygen atoms in total. The molecule has 0 unspecified atom stereocenters. The van der Waals surface area contributed by atoms with E-state index in [2.05, 4.69) is 15.5 Å². The first-order valence-corrected chi connectivity index (χ1v) is 5.28. The van der Waals surface area contributed by atoms with Crippen molar-refractivity contribution >= 4 is 11.9 Å². The molecule has 96 valence electrons. The van der Waals surface area contributed by atoms with Gasteiger partial charge < -0.3 is 15.2 Å². The van der Waals surface area contributed by atoms with Gasteiger partial charge in [-0.1, -0.05) is 0 Å². The summed E-state index contributed by atoms with van der Waals surface area (Å²) in [5, 5.41) is 9.11. The lowest BCUT2D eigenvalue weighted by Gasteiger charge is -2.23. The fourth-order valence-electron chi connectivity index (χ4n) is 1.37. The van der Waals surface area contributed by atoms with Gasteiger partial charge in [0.25, 0.3) is 0 Å². The highest BCUT2D eigenvalue weighted by Gasteiger charge is 2.30. The number of methoxy groups -OCH3 is 2. The van der Waals surface area contributed by atoms with Gasteiger partial charge in [-0.25, -0.2) is 0 Å². The number of hydrogen-bond acceptors (Lipinski definition) is 6. The van der Waals surface area contributed by atoms with E-state index in [9.17, 15) is 9.59 Å². The van der Waals surface area contributed by atoms with Crippen LogP contribution in [0.4, 0.5) is 0 Å². The lowest BCUT2D eigenvalue weighted by molar-refractivity contribution is -0.141. The maximum Gasteiger partial charge on any atom is 0.305 e. The normalized spacial score (nSPS) is 10.5. The van der Waals surface area contributed by atoms with Gasteiger partial charge >= 0.3 is 11.9 Å². The zero-order valence-electron chi connectivity index (χ0n) is 10.2. The molecule has 0 aliphatic carbocycles. The van der Waals surface area contributed by atoms with E-state index in [0.717, 1.165) is 0 Å². The summed E-state index contributed by atoms with van der Waals surface area (Å²) in [7, 11) is 2.57. The molecular formula is C11H18N2O4. The van der Waals surface area contributed by atoms with Gasteiger partial charge in [0.15, 0.2) is 0 Å². The summed E-state index contributed by atoms with van der Waals surface area (Å²) >= 11 is 0. The van der Waals surface area contributed by atoms with Crippen molar-refractivity contribution in [2.24, 2.45) is 11.1 Å². The summed E-state index contributed by atoms with van der Waals surface area (Å²) in [4.78, 5) is 22.0. The third-order valence-corrected chi connectivity index (χ3v) is 2.70. The first-order valence-electron chi connectivity index (χ1n) is 5.28. The van der Waals surface area contributed by atoms with Gasteiger partial charge in [-0.15, -0.1) is 0 Å². The molecule has 0 atom stereocenters. The largest absolute Gasteiger partial charge is 0.469 e. The molecule has 6 heteroatoms. The summed E-state index contributed by atoms with van der Waals surface area (Å²) in [5.74, 6) is -0.785. The number of ether oxygens (including phenoxy) is 2. The minimum absolute atomic E-state index is 0.0947. The van der Waals surface area contributed by atoms with Crippen molar-refractivity contribution in [2.45, 2.75) is 25.7 Å². The topological polar surface area (TPSA) is 102 Å². The molecule has 0 amide bonds. The summed E-state index contributed by atoms with van der Waals surface area (Å²) in [6.07, 6.45) is 0.790. The van der Waals surface area contributed by atoms with Crippen LogP contribution in [0.15, 0.2) is 0 Å². The number of hydrogen-bond donors (Lipinski definition) is 1. The molecule has 0 radical (unpaired) electrons. The Morgan fingerprint density at radius 2 is 1.59 bits per heavy atom. The van der Waals surface area contributed by atoms with Crippen molar-refractivity contribution in [1.29, 1.82) is 5.26 Å². The maximum absolute atomic E-state index is 11.0. The monoisotopic (exact) mass is 242 g/mol. The fraction of sp³-hybridized carbons (Fsp3) is 0.727. The van der Waals surface area contributed by atoms with Crippen LogP contribution >= 0.6 is 0 Å². The van der Waals surface area contributed by atoms with Crippen LogP contribution < -0.4 is 5.73 Å².